The van der Waals surface area contributed by atoms with E-state index in [1.165, 1.54) is 11.8 Å². The summed E-state index contributed by atoms with van der Waals surface area (Å²) in [6.45, 7) is 2.86. The SMILES string of the molecule is CCCNc1nc(Sc2cc(Cl)ccc2Cl)c(Cl)cc1Cl. The van der Waals surface area contributed by atoms with E-state index in [4.69, 9.17) is 46.4 Å². The number of anilines is 1. The molecule has 0 spiro atoms. The highest BCUT2D eigenvalue weighted by atomic mass is 35.5. The van der Waals surface area contributed by atoms with Gasteiger partial charge in [-0.15, -0.1) is 0 Å². The van der Waals surface area contributed by atoms with E-state index < -0.39 is 0 Å². The van der Waals surface area contributed by atoms with E-state index in [0.29, 0.717) is 30.9 Å². The fourth-order valence-corrected chi connectivity index (χ4v) is 3.41. The van der Waals surface area contributed by atoms with E-state index >= 15 is 0 Å². The maximum Gasteiger partial charge on any atom is 0.146 e. The Morgan fingerprint density at radius 2 is 1.81 bits per heavy atom. The molecule has 0 radical (unpaired) electrons. The third-order valence-electron chi connectivity index (χ3n) is 2.54. The maximum absolute atomic E-state index is 6.21. The van der Waals surface area contributed by atoms with E-state index in [-0.39, 0.29) is 0 Å². The monoisotopic (exact) mass is 380 g/mol. The highest BCUT2D eigenvalue weighted by Gasteiger charge is 2.12. The molecule has 21 heavy (non-hydrogen) atoms. The molecule has 0 fully saturated rings. The second kappa shape index (κ2) is 7.80. The molecule has 1 aromatic heterocycles. The Hall–Kier alpha value is -0.320. The predicted octanol–water partition coefficient (Wildman–Crippen LogP) is 6.67. The first-order valence-corrected chi connectivity index (χ1v) is 8.57. The molecule has 7 heteroatoms. The van der Waals surface area contributed by atoms with E-state index in [9.17, 15) is 0 Å². The third-order valence-corrected chi connectivity index (χ3v) is 4.97. The molecule has 1 heterocycles. The summed E-state index contributed by atoms with van der Waals surface area (Å²) in [5, 5.41) is 5.97. The van der Waals surface area contributed by atoms with Crippen molar-refractivity contribution in [3.63, 3.8) is 0 Å². The molecular weight excluding hydrogens is 370 g/mol. The summed E-state index contributed by atoms with van der Waals surface area (Å²) in [4.78, 5) is 5.26. The summed E-state index contributed by atoms with van der Waals surface area (Å²) in [6, 6.07) is 6.93. The topological polar surface area (TPSA) is 24.9 Å². The lowest BCUT2D eigenvalue weighted by Gasteiger charge is -2.11. The molecule has 2 nitrogen and oxygen atoms in total. The molecule has 0 amide bonds. The van der Waals surface area contributed by atoms with Crippen LogP contribution in [0.25, 0.3) is 0 Å². The van der Waals surface area contributed by atoms with Gasteiger partial charge in [-0.25, -0.2) is 4.98 Å². The molecule has 1 N–H and O–H groups in total. The number of rotatable bonds is 5. The van der Waals surface area contributed by atoms with Crippen molar-refractivity contribution in [2.75, 3.05) is 11.9 Å². The van der Waals surface area contributed by atoms with Crippen LogP contribution in [0, 0.1) is 0 Å². The van der Waals surface area contributed by atoms with Gasteiger partial charge in [0.15, 0.2) is 0 Å². The summed E-state index contributed by atoms with van der Waals surface area (Å²) in [6.07, 6.45) is 0.975. The van der Waals surface area contributed by atoms with Crippen LogP contribution in [0.3, 0.4) is 0 Å². The van der Waals surface area contributed by atoms with Crippen molar-refractivity contribution < 1.29 is 0 Å². The van der Waals surface area contributed by atoms with Crippen LogP contribution < -0.4 is 5.32 Å². The lowest BCUT2D eigenvalue weighted by Crippen LogP contribution is -2.03. The van der Waals surface area contributed by atoms with Crippen LogP contribution in [-0.2, 0) is 0 Å². The van der Waals surface area contributed by atoms with Gasteiger partial charge in [-0.3, -0.25) is 0 Å². The van der Waals surface area contributed by atoms with Gasteiger partial charge in [0.1, 0.15) is 10.8 Å². The highest BCUT2D eigenvalue weighted by Crippen LogP contribution is 2.39. The van der Waals surface area contributed by atoms with Gasteiger partial charge in [-0.1, -0.05) is 65.1 Å². The number of benzene rings is 1. The van der Waals surface area contributed by atoms with Gasteiger partial charge < -0.3 is 5.32 Å². The Balaban J connectivity index is 2.32. The van der Waals surface area contributed by atoms with Crippen molar-refractivity contribution in [2.45, 2.75) is 23.3 Å². The third kappa shape index (κ3) is 4.57. The van der Waals surface area contributed by atoms with Gasteiger partial charge >= 0.3 is 0 Å². The van der Waals surface area contributed by atoms with Crippen LogP contribution in [0.15, 0.2) is 34.2 Å². The van der Waals surface area contributed by atoms with E-state index in [0.717, 1.165) is 17.9 Å². The zero-order valence-electron chi connectivity index (χ0n) is 11.1. The average Bonchev–Trinajstić information content (AvgIpc) is 2.44. The molecular formula is C14H12Cl4N2S. The molecule has 0 aliphatic rings. The Kier molecular flexibility index (Phi) is 6.33. The molecule has 0 saturated carbocycles. The second-order valence-corrected chi connectivity index (χ2v) is 6.90. The van der Waals surface area contributed by atoms with E-state index in [1.807, 2.05) is 0 Å². The van der Waals surface area contributed by atoms with Crippen LogP contribution in [0.4, 0.5) is 5.82 Å². The van der Waals surface area contributed by atoms with Crippen LogP contribution in [0.1, 0.15) is 13.3 Å². The van der Waals surface area contributed by atoms with Crippen molar-refractivity contribution in [1.29, 1.82) is 0 Å². The quantitative estimate of drug-likeness (QED) is 0.625. The minimum absolute atomic E-state index is 0.475. The van der Waals surface area contributed by atoms with Crippen molar-refractivity contribution in [3.8, 4) is 0 Å². The number of hydrogen-bond acceptors (Lipinski definition) is 3. The first-order chi connectivity index (χ1) is 10.0. The van der Waals surface area contributed by atoms with Gasteiger partial charge in [0.2, 0.25) is 0 Å². The summed E-state index contributed by atoms with van der Waals surface area (Å²) >= 11 is 25.8. The first-order valence-electron chi connectivity index (χ1n) is 6.24. The fourth-order valence-electron chi connectivity index (χ4n) is 1.55. The number of aromatic nitrogens is 1. The zero-order chi connectivity index (χ0) is 15.4. The molecule has 0 saturated heterocycles. The second-order valence-electron chi connectivity index (χ2n) is 4.21. The Morgan fingerprint density at radius 3 is 2.52 bits per heavy atom. The van der Waals surface area contributed by atoms with Gasteiger partial charge in [-0.05, 0) is 30.7 Å². The summed E-state index contributed by atoms with van der Waals surface area (Å²) in [7, 11) is 0. The van der Waals surface area contributed by atoms with Gasteiger partial charge in [0.05, 0.1) is 15.1 Å². The van der Waals surface area contributed by atoms with Crippen molar-refractivity contribution in [1.82, 2.24) is 4.98 Å². The summed E-state index contributed by atoms with van der Waals surface area (Å²) in [5.41, 5.74) is 0. The van der Waals surface area contributed by atoms with Crippen molar-refractivity contribution >= 4 is 64.0 Å². The molecule has 0 aliphatic heterocycles. The minimum atomic E-state index is 0.475. The number of halogens is 4. The molecule has 2 aromatic rings. The lowest BCUT2D eigenvalue weighted by atomic mass is 10.4. The molecule has 1 aromatic carbocycles. The van der Waals surface area contributed by atoms with Crippen LogP contribution in [-0.4, -0.2) is 11.5 Å². The number of pyridine rings is 1. The molecule has 0 aliphatic carbocycles. The van der Waals surface area contributed by atoms with Crippen LogP contribution >= 0.6 is 58.2 Å². The maximum atomic E-state index is 6.21. The minimum Gasteiger partial charge on any atom is -0.369 e. The van der Waals surface area contributed by atoms with Gasteiger partial charge in [-0.2, -0.15) is 0 Å². The van der Waals surface area contributed by atoms with Crippen LogP contribution in [0.5, 0.6) is 0 Å². The standard InChI is InChI=1S/C14H12Cl4N2S/c1-2-5-19-13-10(17)7-11(18)14(20-13)21-12-6-8(15)3-4-9(12)16/h3-4,6-7H,2,5H2,1H3,(H,19,20). The van der Waals surface area contributed by atoms with Crippen molar-refractivity contribution in [3.05, 3.63) is 44.4 Å². The Bertz CT molecular complexity index is 649. The molecule has 2 rings (SSSR count). The molecule has 0 unspecified atom stereocenters. The van der Waals surface area contributed by atoms with Gasteiger partial charge in [0.25, 0.3) is 0 Å². The number of nitrogens with one attached hydrogen (secondary N) is 1. The number of hydrogen-bond donors (Lipinski definition) is 1. The van der Waals surface area contributed by atoms with Crippen molar-refractivity contribution in [2.24, 2.45) is 0 Å². The summed E-state index contributed by atoms with van der Waals surface area (Å²) < 4.78 is 0. The first kappa shape index (κ1) is 17.0. The van der Waals surface area contributed by atoms with Crippen LogP contribution in [0.2, 0.25) is 20.1 Å². The molecule has 112 valence electrons. The summed E-state index contributed by atoms with van der Waals surface area (Å²) in [5.74, 6) is 0.614. The predicted molar refractivity (Wildman–Crippen MR) is 93.6 cm³/mol. The average molecular weight is 382 g/mol. The highest BCUT2D eigenvalue weighted by molar-refractivity contribution is 7.99. The normalized spacial score (nSPS) is 10.7. The Morgan fingerprint density at radius 1 is 1.05 bits per heavy atom. The molecule has 0 bridgehead atoms. The zero-order valence-corrected chi connectivity index (χ0v) is 14.9. The smallest absolute Gasteiger partial charge is 0.146 e. The number of nitrogens with zero attached hydrogens (tertiary/aromatic N) is 1. The Labute approximate surface area is 148 Å². The molecule has 0 atom stereocenters. The van der Waals surface area contributed by atoms with E-state index in [2.05, 4.69) is 17.2 Å². The van der Waals surface area contributed by atoms with E-state index in [1.54, 1.807) is 24.3 Å². The largest absolute Gasteiger partial charge is 0.369 e. The fraction of sp³-hybridized carbons (Fsp3) is 0.214. The lowest BCUT2D eigenvalue weighted by molar-refractivity contribution is 0.960. The van der Waals surface area contributed by atoms with Gasteiger partial charge in [0, 0.05) is 16.5 Å².